The van der Waals surface area contributed by atoms with Crippen molar-refractivity contribution in [2.24, 2.45) is 0 Å². The Labute approximate surface area is 75.3 Å². The molecule has 2 heterocycles. The highest BCUT2D eigenvalue weighted by molar-refractivity contribution is 5.74. The third-order valence-electron chi connectivity index (χ3n) is 2.52. The molecule has 3 rings (SSSR count). The third-order valence-corrected chi connectivity index (χ3v) is 2.52. The number of hydrogen-bond donors (Lipinski definition) is 0. The summed E-state index contributed by atoms with van der Waals surface area (Å²) in [5.41, 5.74) is 1.10. The van der Waals surface area contributed by atoms with Gasteiger partial charge in [0, 0.05) is 5.56 Å². The van der Waals surface area contributed by atoms with E-state index in [-0.39, 0.29) is 18.2 Å². The minimum Gasteiger partial charge on any atom is -0.454 e. The molecule has 2 aliphatic rings. The lowest BCUT2D eigenvalue weighted by atomic mass is 9.99. The Morgan fingerprint density at radius 2 is 2.08 bits per heavy atom. The van der Waals surface area contributed by atoms with Crippen molar-refractivity contribution in [3.63, 3.8) is 0 Å². The number of para-hydroxylation sites is 1. The zero-order valence-corrected chi connectivity index (χ0v) is 6.90. The molecule has 2 aliphatic heterocycles. The van der Waals surface area contributed by atoms with E-state index in [1.165, 1.54) is 0 Å². The normalized spacial score (nSPS) is 29.1. The fourth-order valence-electron chi connectivity index (χ4n) is 1.92. The zero-order valence-electron chi connectivity index (χ0n) is 6.90. The van der Waals surface area contributed by atoms with Gasteiger partial charge in [-0.1, -0.05) is 18.2 Å². The van der Waals surface area contributed by atoms with Crippen molar-refractivity contribution >= 4 is 5.97 Å². The molecular weight excluding hydrogens is 168 g/mol. The van der Waals surface area contributed by atoms with E-state index >= 15 is 0 Å². The van der Waals surface area contributed by atoms with Crippen molar-refractivity contribution < 1.29 is 14.3 Å². The van der Waals surface area contributed by atoms with Gasteiger partial charge in [0.05, 0.1) is 12.3 Å². The molecule has 13 heavy (non-hydrogen) atoms. The van der Waals surface area contributed by atoms with E-state index in [4.69, 9.17) is 9.47 Å². The summed E-state index contributed by atoms with van der Waals surface area (Å²) in [5, 5.41) is 0. The Balaban J connectivity index is 2.06. The second kappa shape index (κ2) is 2.25. The van der Waals surface area contributed by atoms with Gasteiger partial charge in [-0.3, -0.25) is 4.79 Å². The largest absolute Gasteiger partial charge is 0.454 e. The maximum absolute atomic E-state index is 11.0. The first-order valence-electron chi connectivity index (χ1n) is 4.29. The van der Waals surface area contributed by atoms with Gasteiger partial charge < -0.3 is 9.47 Å². The molecule has 0 N–H and O–H groups in total. The first-order chi connectivity index (χ1) is 6.34. The zero-order chi connectivity index (χ0) is 8.84. The smallest absolute Gasteiger partial charge is 0.309 e. The number of hydrogen-bond acceptors (Lipinski definition) is 3. The molecule has 2 atom stereocenters. The van der Waals surface area contributed by atoms with Gasteiger partial charge in [-0.15, -0.1) is 0 Å². The van der Waals surface area contributed by atoms with Crippen molar-refractivity contribution in [2.45, 2.75) is 18.6 Å². The van der Waals surface area contributed by atoms with Crippen molar-refractivity contribution in [3.8, 4) is 5.75 Å². The van der Waals surface area contributed by atoms with Crippen LogP contribution in [-0.2, 0) is 9.53 Å². The van der Waals surface area contributed by atoms with Crippen LogP contribution in [0.4, 0.5) is 0 Å². The summed E-state index contributed by atoms with van der Waals surface area (Å²) in [7, 11) is 0. The summed E-state index contributed by atoms with van der Waals surface area (Å²) >= 11 is 0. The molecule has 1 saturated heterocycles. The van der Waals surface area contributed by atoms with Gasteiger partial charge >= 0.3 is 5.97 Å². The second-order valence-corrected chi connectivity index (χ2v) is 3.32. The number of benzene rings is 1. The van der Waals surface area contributed by atoms with E-state index in [9.17, 15) is 4.79 Å². The number of carbonyl (C=O) groups is 1. The fraction of sp³-hybridized carbons (Fsp3) is 0.300. The van der Waals surface area contributed by atoms with E-state index in [1.807, 2.05) is 24.3 Å². The SMILES string of the molecule is O=C1CC2c3ccccc3OC2O1. The van der Waals surface area contributed by atoms with Gasteiger partial charge in [-0.05, 0) is 6.07 Å². The molecule has 3 nitrogen and oxygen atoms in total. The molecule has 1 aromatic rings. The van der Waals surface area contributed by atoms with Crippen LogP contribution >= 0.6 is 0 Å². The minimum absolute atomic E-state index is 0.115. The lowest BCUT2D eigenvalue weighted by Crippen LogP contribution is -2.14. The van der Waals surface area contributed by atoms with Crippen LogP contribution in [0.2, 0.25) is 0 Å². The predicted octanol–water partition coefficient (Wildman–Crippen LogP) is 1.44. The molecule has 0 spiro atoms. The summed E-state index contributed by atoms with van der Waals surface area (Å²) in [6, 6.07) is 7.76. The van der Waals surface area contributed by atoms with E-state index < -0.39 is 0 Å². The molecule has 0 aromatic heterocycles. The maximum Gasteiger partial charge on any atom is 0.309 e. The topological polar surface area (TPSA) is 35.5 Å². The lowest BCUT2D eigenvalue weighted by molar-refractivity contribution is -0.150. The Morgan fingerprint density at radius 1 is 1.23 bits per heavy atom. The summed E-state index contributed by atoms with van der Waals surface area (Å²) in [6.45, 7) is 0. The molecule has 0 saturated carbocycles. The summed E-state index contributed by atoms with van der Waals surface area (Å²) < 4.78 is 10.5. The van der Waals surface area contributed by atoms with Gasteiger partial charge in [0.15, 0.2) is 0 Å². The van der Waals surface area contributed by atoms with E-state index in [1.54, 1.807) is 0 Å². The van der Waals surface area contributed by atoms with E-state index in [0.717, 1.165) is 11.3 Å². The number of esters is 1. The standard InChI is InChI=1S/C10H8O3/c11-9-5-7-6-3-1-2-4-8(6)12-10(7)13-9/h1-4,7,10H,5H2. The summed E-state index contributed by atoms with van der Waals surface area (Å²) in [6.07, 6.45) is 0.0756. The van der Waals surface area contributed by atoms with Crippen LogP contribution in [0.15, 0.2) is 24.3 Å². The number of carbonyl (C=O) groups excluding carboxylic acids is 1. The van der Waals surface area contributed by atoms with Gasteiger partial charge in [0.2, 0.25) is 0 Å². The van der Waals surface area contributed by atoms with Gasteiger partial charge in [-0.25, -0.2) is 0 Å². The molecule has 1 aromatic carbocycles. The molecular formula is C10H8O3. The average Bonchev–Trinajstić information content (AvgIpc) is 2.60. The van der Waals surface area contributed by atoms with Crippen molar-refractivity contribution in [1.82, 2.24) is 0 Å². The van der Waals surface area contributed by atoms with E-state index in [0.29, 0.717) is 6.42 Å². The number of ether oxygens (including phenoxy) is 2. The van der Waals surface area contributed by atoms with Crippen LogP contribution in [0.1, 0.15) is 17.9 Å². The lowest BCUT2D eigenvalue weighted by Gasteiger charge is -2.05. The van der Waals surface area contributed by atoms with Gasteiger partial charge in [-0.2, -0.15) is 0 Å². The number of rotatable bonds is 0. The first-order valence-corrected chi connectivity index (χ1v) is 4.29. The van der Waals surface area contributed by atoms with Crippen molar-refractivity contribution in [1.29, 1.82) is 0 Å². The average molecular weight is 176 g/mol. The Bertz CT molecular complexity index is 372. The Morgan fingerprint density at radius 3 is 3.00 bits per heavy atom. The molecule has 1 fully saturated rings. The van der Waals surface area contributed by atoms with Crippen LogP contribution in [0.3, 0.4) is 0 Å². The summed E-state index contributed by atoms with van der Waals surface area (Å²) in [4.78, 5) is 11.0. The highest BCUT2D eigenvalue weighted by atomic mass is 16.7. The molecule has 0 radical (unpaired) electrons. The quantitative estimate of drug-likeness (QED) is 0.561. The molecule has 0 amide bonds. The molecule has 3 heteroatoms. The first kappa shape index (κ1) is 6.95. The van der Waals surface area contributed by atoms with Crippen LogP contribution in [-0.4, -0.2) is 12.3 Å². The monoisotopic (exact) mass is 176 g/mol. The number of fused-ring (bicyclic) bond motifs is 3. The van der Waals surface area contributed by atoms with Crippen LogP contribution in [0.25, 0.3) is 0 Å². The highest BCUT2D eigenvalue weighted by Gasteiger charge is 2.43. The van der Waals surface area contributed by atoms with Gasteiger partial charge in [0.25, 0.3) is 6.29 Å². The van der Waals surface area contributed by atoms with Crippen LogP contribution < -0.4 is 4.74 Å². The summed E-state index contributed by atoms with van der Waals surface area (Å²) in [5.74, 6) is 0.804. The fourth-order valence-corrected chi connectivity index (χ4v) is 1.92. The molecule has 66 valence electrons. The molecule has 0 bridgehead atoms. The van der Waals surface area contributed by atoms with Crippen LogP contribution in [0.5, 0.6) is 5.75 Å². The second-order valence-electron chi connectivity index (χ2n) is 3.32. The Kier molecular flexibility index (Phi) is 1.20. The predicted molar refractivity (Wildman–Crippen MR) is 44.3 cm³/mol. The van der Waals surface area contributed by atoms with Crippen LogP contribution in [0, 0.1) is 0 Å². The van der Waals surface area contributed by atoms with Crippen molar-refractivity contribution in [2.75, 3.05) is 0 Å². The highest BCUT2D eigenvalue weighted by Crippen LogP contribution is 2.43. The Hall–Kier alpha value is -1.51. The molecule has 2 unspecified atom stereocenters. The van der Waals surface area contributed by atoms with Crippen molar-refractivity contribution in [3.05, 3.63) is 29.8 Å². The van der Waals surface area contributed by atoms with Gasteiger partial charge in [0.1, 0.15) is 5.75 Å². The minimum atomic E-state index is -0.370. The maximum atomic E-state index is 11.0. The van der Waals surface area contributed by atoms with E-state index in [2.05, 4.69) is 0 Å². The molecule has 0 aliphatic carbocycles. The third kappa shape index (κ3) is 0.869.